The van der Waals surface area contributed by atoms with E-state index >= 15 is 0 Å². The molecule has 0 saturated heterocycles. The van der Waals surface area contributed by atoms with Crippen LogP contribution in [0.5, 0.6) is 5.75 Å². The summed E-state index contributed by atoms with van der Waals surface area (Å²) in [5, 5.41) is 6.06. The van der Waals surface area contributed by atoms with Gasteiger partial charge in [0.05, 0.1) is 6.10 Å². The number of anilines is 1. The van der Waals surface area contributed by atoms with Crippen LogP contribution < -0.4 is 15.4 Å². The van der Waals surface area contributed by atoms with Crippen molar-refractivity contribution >= 4 is 28.9 Å². The molecule has 4 nitrogen and oxygen atoms in total. The highest BCUT2D eigenvalue weighted by molar-refractivity contribution is 7.80. The molecule has 0 aliphatic heterocycles. The Morgan fingerprint density at radius 1 is 1.17 bits per heavy atom. The Morgan fingerprint density at radius 2 is 1.87 bits per heavy atom. The molecule has 1 aromatic carbocycles. The number of hydrogen-bond donors (Lipinski definition) is 2. The van der Waals surface area contributed by atoms with E-state index in [0.29, 0.717) is 11.5 Å². The van der Waals surface area contributed by atoms with Gasteiger partial charge in [0.25, 0.3) is 0 Å². The maximum Gasteiger partial charge on any atom is 0.226 e. The largest absolute Gasteiger partial charge is 0.491 e. The summed E-state index contributed by atoms with van der Waals surface area (Å²) in [5.41, 5.74) is 0.831. The molecule has 1 aromatic rings. The number of carbonyl (C=O) groups excluding carboxylic acids is 1. The summed E-state index contributed by atoms with van der Waals surface area (Å²) < 4.78 is 5.72. The summed E-state index contributed by atoms with van der Waals surface area (Å²) in [5.74, 6) is 0.797. The van der Waals surface area contributed by atoms with Crippen LogP contribution in [0.4, 0.5) is 5.69 Å². The van der Waals surface area contributed by atoms with E-state index in [1.54, 1.807) is 0 Å². The van der Waals surface area contributed by atoms with Gasteiger partial charge in [-0.2, -0.15) is 0 Å². The minimum atomic E-state index is -0.0321. The molecule has 0 aliphatic rings. The van der Waals surface area contributed by atoms with Gasteiger partial charge in [-0.05, 0) is 56.2 Å². The highest BCUT2D eigenvalue weighted by atomic mass is 32.1. The van der Waals surface area contributed by atoms with Gasteiger partial charge in [-0.15, -0.1) is 0 Å². The Kier molecular flexibility index (Phi) is 9.29. The predicted octanol–water partition coefficient (Wildman–Crippen LogP) is 4.65. The van der Waals surface area contributed by atoms with Crippen molar-refractivity contribution in [3.63, 3.8) is 0 Å². The lowest BCUT2D eigenvalue weighted by Gasteiger charge is -2.13. The van der Waals surface area contributed by atoms with E-state index in [-0.39, 0.29) is 12.0 Å². The van der Waals surface area contributed by atoms with E-state index in [1.807, 2.05) is 31.2 Å². The van der Waals surface area contributed by atoms with Crippen LogP contribution >= 0.6 is 12.2 Å². The Hall–Kier alpha value is -1.62. The van der Waals surface area contributed by atoms with Crippen molar-refractivity contribution in [3.05, 3.63) is 24.3 Å². The van der Waals surface area contributed by atoms with Gasteiger partial charge in [-0.3, -0.25) is 4.79 Å². The third kappa shape index (κ3) is 8.55. The first-order valence-electron chi connectivity index (χ1n) is 8.42. The van der Waals surface area contributed by atoms with Crippen LogP contribution in [0.3, 0.4) is 0 Å². The molecule has 1 rings (SSSR count). The molecule has 0 spiro atoms. The number of nitrogens with one attached hydrogen (secondary N) is 2. The van der Waals surface area contributed by atoms with Crippen molar-refractivity contribution < 1.29 is 9.53 Å². The first-order valence-corrected chi connectivity index (χ1v) is 8.83. The zero-order chi connectivity index (χ0) is 17.1. The van der Waals surface area contributed by atoms with E-state index in [0.717, 1.165) is 30.7 Å². The van der Waals surface area contributed by atoms with Gasteiger partial charge in [0.15, 0.2) is 5.11 Å². The van der Waals surface area contributed by atoms with Crippen LogP contribution in [-0.2, 0) is 4.79 Å². The Bertz CT molecular complexity index is 488. The summed E-state index contributed by atoms with van der Waals surface area (Å²) in [6, 6.07) is 7.56. The fourth-order valence-electron chi connectivity index (χ4n) is 2.00. The zero-order valence-corrected chi connectivity index (χ0v) is 15.2. The molecule has 23 heavy (non-hydrogen) atoms. The van der Waals surface area contributed by atoms with Gasteiger partial charge in [0, 0.05) is 12.1 Å². The molecule has 0 aromatic heterocycles. The predicted molar refractivity (Wildman–Crippen MR) is 99.9 cm³/mol. The molecule has 1 amide bonds. The monoisotopic (exact) mass is 336 g/mol. The van der Waals surface area contributed by atoms with Gasteiger partial charge in [0.2, 0.25) is 5.91 Å². The smallest absolute Gasteiger partial charge is 0.226 e. The first kappa shape index (κ1) is 19.4. The van der Waals surface area contributed by atoms with E-state index in [2.05, 4.69) is 24.5 Å². The SMILES string of the molecule is CCCCCCC(=O)NC(=S)Nc1ccc(OC(C)CC)cc1. The number of amides is 1. The summed E-state index contributed by atoms with van der Waals surface area (Å²) >= 11 is 5.16. The highest BCUT2D eigenvalue weighted by Gasteiger charge is 2.05. The van der Waals surface area contributed by atoms with Gasteiger partial charge in [0.1, 0.15) is 5.75 Å². The van der Waals surface area contributed by atoms with E-state index in [4.69, 9.17) is 17.0 Å². The lowest BCUT2D eigenvalue weighted by molar-refractivity contribution is -0.119. The van der Waals surface area contributed by atoms with E-state index < -0.39 is 0 Å². The number of ether oxygens (including phenoxy) is 1. The molecule has 2 N–H and O–H groups in total. The molecular weight excluding hydrogens is 308 g/mol. The second-order valence-electron chi connectivity index (χ2n) is 5.67. The summed E-state index contributed by atoms with van der Waals surface area (Å²) in [6.07, 6.45) is 6.00. The van der Waals surface area contributed by atoms with Gasteiger partial charge >= 0.3 is 0 Å². The Labute approximate surface area is 145 Å². The molecular formula is C18H28N2O2S. The lowest BCUT2D eigenvalue weighted by atomic mass is 10.1. The second kappa shape index (κ2) is 11.0. The van der Waals surface area contributed by atoms with Crippen molar-refractivity contribution in [1.29, 1.82) is 0 Å². The molecule has 0 heterocycles. The number of rotatable bonds is 9. The van der Waals surface area contributed by atoms with Crippen LogP contribution in [0.15, 0.2) is 24.3 Å². The van der Waals surface area contributed by atoms with Gasteiger partial charge in [-0.1, -0.05) is 33.1 Å². The normalized spacial score (nSPS) is 11.6. The quantitative estimate of drug-likeness (QED) is 0.509. The van der Waals surface area contributed by atoms with Crippen molar-refractivity contribution in [3.8, 4) is 5.75 Å². The van der Waals surface area contributed by atoms with Crippen molar-refractivity contribution in [2.24, 2.45) is 0 Å². The molecule has 0 radical (unpaired) electrons. The van der Waals surface area contributed by atoms with Crippen LogP contribution in [-0.4, -0.2) is 17.1 Å². The maximum absolute atomic E-state index is 11.8. The molecule has 5 heteroatoms. The minimum Gasteiger partial charge on any atom is -0.491 e. The highest BCUT2D eigenvalue weighted by Crippen LogP contribution is 2.17. The van der Waals surface area contributed by atoms with Crippen molar-refractivity contribution in [2.45, 2.75) is 65.4 Å². The summed E-state index contributed by atoms with van der Waals surface area (Å²) in [6.45, 7) is 6.28. The zero-order valence-electron chi connectivity index (χ0n) is 14.4. The summed E-state index contributed by atoms with van der Waals surface area (Å²) in [4.78, 5) is 11.8. The fraction of sp³-hybridized carbons (Fsp3) is 0.556. The first-order chi connectivity index (χ1) is 11.0. The molecule has 1 atom stereocenters. The fourth-order valence-corrected chi connectivity index (χ4v) is 2.23. The molecule has 1 unspecified atom stereocenters. The standard InChI is InChI=1S/C18H28N2O2S/c1-4-6-7-8-9-17(21)20-18(23)19-15-10-12-16(13-11-15)22-14(3)5-2/h10-14H,4-9H2,1-3H3,(H2,19,20,21,23). The lowest BCUT2D eigenvalue weighted by Crippen LogP contribution is -2.33. The van der Waals surface area contributed by atoms with Crippen LogP contribution in [0, 0.1) is 0 Å². The summed E-state index contributed by atoms with van der Waals surface area (Å²) in [7, 11) is 0. The second-order valence-corrected chi connectivity index (χ2v) is 6.08. The minimum absolute atomic E-state index is 0.0321. The number of benzene rings is 1. The van der Waals surface area contributed by atoms with Crippen molar-refractivity contribution in [2.75, 3.05) is 5.32 Å². The van der Waals surface area contributed by atoms with E-state index in [9.17, 15) is 4.79 Å². The molecule has 128 valence electrons. The van der Waals surface area contributed by atoms with Crippen LogP contribution in [0.25, 0.3) is 0 Å². The molecule has 0 fully saturated rings. The van der Waals surface area contributed by atoms with Gasteiger partial charge in [-0.25, -0.2) is 0 Å². The maximum atomic E-state index is 11.8. The average molecular weight is 337 g/mol. The number of thiocarbonyl (C=S) groups is 1. The van der Waals surface area contributed by atoms with Crippen LogP contribution in [0.1, 0.15) is 59.3 Å². The Balaban J connectivity index is 2.34. The Morgan fingerprint density at radius 3 is 2.48 bits per heavy atom. The number of hydrogen-bond acceptors (Lipinski definition) is 3. The van der Waals surface area contributed by atoms with Crippen molar-refractivity contribution in [1.82, 2.24) is 5.32 Å². The molecule has 0 saturated carbocycles. The third-order valence-electron chi connectivity index (χ3n) is 3.53. The van der Waals surface area contributed by atoms with Crippen LogP contribution in [0.2, 0.25) is 0 Å². The number of unbranched alkanes of at least 4 members (excludes halogenated alkanes) is 3. The third-order valence-corrected chi connectivity index (χ3v) is 3.74. The molecule has 0 bridgehead atoms. The topological polar surface area (TPSA) is 50.4 Å². The average Bonchev–Trinajstić information content (AvgIpc) is 2.53. The molecule has 0 aliphatic carbocycles. The van der Waals surface area contributed by atoms with E-state index in [1.165, 1.54) is 12.8 Å². The number of carbonyl (C=O) groups is 1. The van der Waals surface area contributed by atoms with Gasteiger partial charge < -0.3 is 15.4 Å².